The van der Waals surface area contributed by atoms with Crippen LogP contribution in [0, 0.1) is 0 Å². The second-order valence-electron chi connectivity index (χ2n) is 22.2. The van der Waals surface area contributed by atoms with Crippen LogP contribution in [-0.4, -0.2) is 374 Å². The fourth-order valence-corrected chi connectivity index (χ4v) is 13.7. The van der Waals surface area contributed by atoms with Crippen molar-refractivity contribution >= 4 is 92.8 Å². The summed E-state index contributed by atoms with van der Waals surface area (Å²) in [6.07, 6.45) is -73.7. The highest BCUT2D eigenvalue weighted by molar-refractivity contribution is 6.19. The van der Waals surface area contributed by atoms with Crippen molar-refractivity contribution in [3.8, 4) is 0 Å². The van der Waals surface area contributed by atoms with Gasteiger partial charge in [0.15, 0.2) is 50.3 Å². The maximum atomic E-state index is 11.5. The lowest BCUT2D eigenvalue weighted by atomic mass is 9.95. The molecule has 40 atom stereocenters. The zero-order valence-electron chi connectivity index (χ0n) is 45.5. The Morgan fingerprint density at radius 2 is 0.239 bits per heavy atom. The van der Waals surface area contributed by atoms with E-state index in [1.165, 1.54) is 0 Å². The third-order valence-electron chi connectivity index (χ3n) is 16.7. The van der Waals surface area contributed by atoms with Crippen LogP contribution in [0.3, 0.4) is 0 Å². The highest BCUT2D eigenvalue weighted by Crippen LogP contribution is 2.40. The van der Waals surface area contributed by atoms with E-state index in [1.54, 1.807) is 0 Å². The molecule has 0 aliphatic carbocycles. The van der Waals surface area contributed by atoms with Gasteiger partial charge in [0.25, 0.3) is 0 Å². The van der Waals surface area contributed by atoms with Crippen LogP contribution in [0.15, 0.2) is 0 Å². The topological polar surface area (TPSA) is 471 Å². The van der Waals surface area contributed by atoms with Crippen molar-refractivity contribution in [2.75, 3.05) is 47.0 Å². The molecule has 88 heavy (non-hydrogen) atoms. The van der Waals surface area contributed by atoms with Crippen molar-refractivity contribution in [2.24, 2.45) is 0 Å². The summed E-state index contributed by atoms with van der Waals surface area (Å²) in [5.74, 6) is -4.23. The SMILES string of the molecule is OC1C(O)[C@@H]2O[C@H]3OC(CCl)[C@@H](O[C@H]4OC(CCl)[C@@H](O[C@H]5OC(CCl)[C@@H](O[C@H]6OC(CCl)[C@@H](O[C@H]7OC(CCl)[C@@H](O[C@H]8OC(CCl)[C@@H](O[C@H]9OC(CCl)[C@@H](O[C@H]1OC2CCl)C(O)C9O)C(O)C8O)C(O)C7O)C(O)C6O)C(O)C5O)C(O)C4O)C(O)C3O. The number of aliphatic hydroxyl groups is 16. The number of hydrogen-bond donors (Lipinski definition) is 16. The molecule has 30 aliphatic rings. The van der Waals surface area contributed by atoms with Gasteiger partial charge in [-0.25, -0.2) is 0 Å². The third kappa shape index (κ3) is 14.7. The Kier molecular flexibility index (Phi) is 26.4. The molecule has 16 bridgehead atoms. The maximum Gasteiger partial charge on any atom is 0.187 e. The number of hydrogen-bond acceptors (Lipinski definition) is 32. The minimum absolute atomic E-state index is 0.528. The summed E-state index contributed by atoms with van der Waals surface area (Å²) in [6.45, 7) is 0. The van der Waals surface area contributed by atoms with Gasteiger partial charge >= 0.3 is 0 Å². The molecule has 0 aromatic heterocycles. The Morgan fingerprint density at radius 3 is 0.318 bits per heavy atom. The highest BCUT2D eigenvalue weighted by atomic mass is 35.5. The van der Waals surface area contributed by atoms with Crippen LogP contribution < -0.4 is 0 Å². The van der Waals surface area contributed by atoms with Crippen LogP contribution in [0.25, 0.3) is 0 Å². The van der Waals surface area contributed by atoms with E-state index in [2.05, 4.69) is 0 Å². The van der Waals surface area contributed by atoms with Gasteiger partial charge in [-0.1, -0.05) is 0 Å². The highest BCUT2D eigenvalue weighted by Gasteiger charge is 2.60. The Bertz CT molecular complexity index is 1730. The fourth-order valence-electron chi connectivity index (χ4n) is 11.7. The molecule has 30 rings (SSSR count). The first-order valence-electron chi connectivity index (χ1n) is 27.7. The van der Waals surface area contributed by atoms with Crippen LogP contribution in [-0.2, 0) is 75.8 Å². The summed E-state index contributed by atoms with van der Waals surface area (Å²) < 4.78 is 94.3. The fraction of sp³-hybridized carbons (Fsp3) is 1.00. The van der Waals surface area contributed by atoms with E-state index >= 15 is 0 Å². The summed E-state index contributed by atoms with van der Waals surface area (Å²) in [5.41, 5.74) is 0. The summed E-state index contributed by atoms with van der Waals surface area (Å²) >= 11 is 50.2. The molecule has 30 fully saturated rings. The molecular formula is C48H72Cl8O32. The molecule has 0 amide bonds. The van der Waals surface area contributed by atoms with E-state index in [-0.39, 0.29) is 0 Å². The molecule has 512 valence electrons. The molecule has 0 spiro atoms. The molecule has 24 unspecified atom stereocenters. The first kappa shape index (κ1) is 73.3. The summed E-state index contributed by atoms with van der Waals surface area (Å²) in [5, 5.41) is 184. The number of ether oxygens (including phenoxy) is 16. The maximum absolute atomic E-state index is 11.5. The van der Waals surface area contributed by atoms with Crippen molar-refractivity contribution in [3.63, 3.8) is 0 Å². The van der Waals surface area contributed by atoms with Gasteiger partial charge in [0.1, 0.15) is 195 Å². The molecule has 16 N–H and O–H groups in total. The average Bonchev–Trinajstić information content (AvgIpc) is 1.33. The van der Waals surface area contributed by atoms with E-state index in [0.29, 0.717) is 0 Å². The van der Waals surface area contributed by atoms with Crippen LogP contribution in [0.5, 0.6) is 0 Å². The Hall–Kier alpha value is 1.04. The lowest BCUT2D eigenvalue weighted by Gasteiger charge is -2.50. The van der Waals surface area contributed by atoms with E-state index in [9.17, 15) is 81.7 Å². The van der Waals surface area contributed by atoms with Crippen molar-refractivity contribution in [2.45, 2.75) is 246 Å². The van der Waals surface area contributed by atoms with Gasteiger partial charge in [0, 0.05) is 0 Å². The van der Waals surface area contributed by atoms with Gasteiger partial charge in [0.2, 0.25) is 0 Å². The van der Waals surface area contributed by atoms with Gasteiger partial charge in [-0.3, -0.25) is 0 Å². The van der Waals surface area contributed by atoms with Crippen LogP contribution in [0.1, 0.15) is 0 Å². The monoisotopic (exact) mass is 1440 g/mol. The molecule has 0 aromatic carbocycles. The van der Waals surface area contributed by atoms with E-state index < -0.39 is 293 Å². The lowest BCUT2D eigenvalue weighted by molar-refractivity contribution is -0.396. The van der Waals surface area contributed by atoms with Gasteiger partial charge in [0.05, 0.1) is 47.0 Å². The first-order chi connectivity index (χ1) is 41.9. The molecule has 0 saturated carbocycles. The van der Waals surface area contributed by atoms with Gasteiger partial charge < -0.3 is 157 Å². The first-order valence-corrected chi connectivity index (χ1v) is 32.0. The van der Waals surface area contributed by atoms with Gasteiger partial charge in [-0.05, 0) is 0 Å². The number of alkyl halides is 8. The molecule has 30 aliphatic heterocycles. The second-order valence-corrected chi connectivity index (χ2v) is 24.7. The number of halogens is 8. The van der Waals surface area contributed by atoms with Crippen LogP contribution in [0.4, 0.5) is 0 Å². The lowest BCUT2D eigenvalue weighted by Crippen LogP contribution is -2.68. The van der Waals surface area contributed by atoms with Crippen LogP contribution >= 0.6 is 92.8 Å². The smallest absolute Gasteiger partial charge is 0.187 e. The minimum atomic E-state index is -2.10. The van der Waals surface area contributed by atoms with Crippen molar-refractivity contribution in [3.05, 3.63) is 0 Å². The van der Waals surface area contributed by atoms with Crippen LogP contribution in [0.2, 0.25) is 0 Å². The molecule has 30 heterocycles. The van der Waals surface area contributed by atoms with E-state index in [1.807, 2.05) is 0 Å². The zero-order chi connectivity index (χ0) is 64.1. The molecule has 0 aromatic rings. The Morgan fingerprint density at radius 1 is 0.148 bits per heavy atom. The quantitative estimate of drug-likeness (QED) is 0.100. The van der Waals surface area contributed by atoms with Crippen molar-refractivity contribution in [1.82, 2.24) is 0 Å². The number of aliphatic hydroxyl groups excluding tert-OH is 16. The zero-order valence-corrected chi connectivity index (χ0v) is 51.5. The third-order valence-corrected chi connectivity index (χ3v) is 19.1. The summed E-state index contributed by atoms with van der Waals surface area (Å²) in [6, 6.07) is 0. The molecule has 40 heteroatoms. The predicted octanol–water partition coefficient (Wildman–Crippen LogP) is -7.43. The molecule has 30 saturated heterocycles. The van der Waals surface area contributed by atoms with Crippen molar-refractivity contribution < 1.29 is 157 Å². The normalized spacial score (nSPS) is 55.4. The largest absolute Gasteiger partial charge is 0.387 e. The van der Waals surface area contributed by atoms with Gasteiger partial charge in [-0.2, -0.15) is 0 Å². The molecule has 0 radical (unpaired) electrons. The Labute approximate surface area is 540 Å². The van der Waals surface area contributed by atoms with Crippen molar-refractivity contribution in [1.29, 1.82) is 0 Å². The average molecular weight is 1440 g/mol. The molecule has 32 nitrogen and oxygen atoms in total. The van der Waals surface area contributed by atoms with E-state index in [0.717, 1.165) is 0 Å². The predicted molar refractivity (Wildman–Crippen MR) is 290 cm³/mol. The van der Waals surface area contributed by atoms with Gasteiger partial charge in [-0.15, -0.1) is 92.8 Å². The summed E-state index contributed by atoms with van der Waals surface area (Å²) in [4.78, 5) is 0. The Balaban J connectivity index is 0.975. The number of rotatable bonds is 8. The standard InChI is InChI=1S/C48H72Cl8O32/c49-1-9-33-17(57)25(65)41(73-9)82-34-10(2-50)75-43(27(67)19(34)59)84-36-12(4-52)77-45(29(69)21(36)61)86-38-14(6-54)79-47(31(71)23(38)63)88-40-16(8-56)80-48(32(72)24(40)64)87-39-15(7-55)78-46(30(70)22(39)62)85-37-13(5-53)76-44(28(68)20(37)60)83-35-11(3-51)74-42(81-33)26(66)18(35)58/h9-48,57-72H,1-8H2/t9?,10?,11?,12?,13?,14?,15?,16?,17?,18?,19?,20?,21?,22?,23?,24?,25?,26?,27?,28?,29?,30?,31?,32?,33-,34-,35-,36-,37-,38-,39-,40-,41-,42-,43-,44-,45-,46-,47-,48-/m1/s1. The minimum Gasteiger partial charge on any atom is -0.387 e. The second kappa shape index (κ2) is 31.7. The van der Waals surface area contributed by atoms with E-state index in [4.69, 9.17) is 169 Å². The molecular weight excluding hydrogens is 1370 g/mol. The summed E-state index contributed by atoms with van der Waals surface area (Å²) in [7, 11) is 0.